The van der Waals surface area contributed by atoms with Crippen LogP contribution in [0.15, 0.2) is 0 Å². The third-order valence-electron chi connectivity index (χ3n) is 3.72. The number of rotatable bonds is 7. The summed E-state index contributed by atoms with van der Waals surface area (Å²) in [5.74, 6) is -0.103. The van der Waals surface area contributed by atoms with Crippen molar-refractivity contribution in [2.75, 3.05) is 7.05 Å². The molecule has 0 fully saturated rings. The molecule has 0 heterocycles. The van der Waals surface area contributed by atoms with Gasteiger partial charge in [0.2, 0.25) is 0 Å². The number of carbonyl (C=O) groups is 1. The van der Waals surface area contributed by atoms with E-state index >= 15 is 0 Å². The van der Waals surface area contributed by atoms with E-state index in [1.807, 2.05) is 25.8 Å². The monoisotopic (exact) mass is 229 g/mol. The maximum absolute atomic E-state index is 11.5. The number of carboxylic acid groups (broad SMARTS) is 1. The average Bonchev–Trinajstić information content (AvgIpc) is 2.18. The standard InChI is InChI=1S/C13H27NO2/c1-7-13(8-2,12(15)16)14(6)11(5)9-10(3)4/h10-11H,7-9H2,1-6H3,(H,15,16). The highest BCUT2D eigenvalue weighted by molar-refractivity contribution is 5.78. The fraction of sp³-hybridized carbons (Fsp3) is 0.923. The molecule has 0 aliphatic rings. The van der Waals surface area contributed by atoms with Gasteiger partial charge in [0.1, 0.15) is 5.54 Å². The molecule has 0 aromatic rings. The minimum Gasteiger partial charge on any atom is -0.480 e. The zero-order valence-corrected chi connectivity index (χ0v) is 11.6. The van der Waals surface area contributed by atoms with Gasteiger partial charge in [0, 0.05) is 6.04 Å². The molecule has 0 aromatic carbocycles. The SMILES string of the molecule is CCC(CC)(C(=O)O)N(C)C(C)CC(C)C. The molecule has 0 amide bonds. The van der Waals surface area contributed by atoms with E-state index in [9.17, 15) is 9.90 Å². The van der Waals surface area contributed by atoms with Gasteiger partial charge in [-0.2, -0.15) is 0 Å². The lowest BCUT2D eigenvalue weighted by atomic mass is 9.88. The van der Waals surface area contributed by atoms with E-state index in [1.54, 1.807) is 0 Å². The van der Waals surface area contributed by atoms with Crippen molar-refractivity contribution in [3.05, 3.63) is 0 Å². The Labute approximate surface area is 99.8 Å². The Morgan fingerprint density at radius 2 is 1.69 bits per heavy atom. The number of hydrogen-bond acceptors (Lipinski definition) is 2. The van der Waals surface area contributed by atoms with Crippen LogP contribution in [-0.2, 0) is 4.79 Å². The van der Waals surface area contributed by atoms with Crippen LogP contribution in [0.4, 0.5) is 0 Å². The quantitative estimate of drug-likeness (QED) is 0.729. The van der Waals surface area contributed by atoms with Crippen LogP contribution in [0.1, 0.15) is 53.9 Å². The topological polar surface area (TPSA) is 40.5 Å². The maximum atomic E-state index is 11.5. The van der Waals surface area contributed by atoms with Crippen molar-refractivity contribution in [2.45, 2.75) is 65.5 Å². The van der Waals surface area contributed by atoms with Crippen LogP contribution >= 0.6 is 0 Å². The Balaban J connectivity index is 4.86. The van der Waals surface area contributed by atoms with Gasteiger partial charge in [-0.15, -0.1) is 0 Å². The number of nitrogens with zero attached hydrogens (tertiary/aromatic N) is 1. The molecule has 16 heavy (non-hydrogen) atoms. The Bertz CT molecular complexity index is 222. The second kappa shape index (κ2) is 6.24. The number of hydrogen-bond donors (Lipinski definition) is 1. The van der Waals surface area contributed by atoms with Crippen molar-refractivity contribution < 1.29 is 9.90 Å². The van der Waals surface area contributed by atoms with Crippen molar-refractivity contribution in [1.29, 1.82) is 0 Å². The minimum atomic E-state index is -0.700. The molecular weight excluding hydrogens is 202 g/mol. The van der Waals surface area contributed by atoms with Crippen molar-refractivity contribution in [1.82, 2.24) is 4.90 Å². The highest BCUT2D eigenvalue weighted by Gasteiger charge is 2.40. The molecule has 0 aromatic heterocycles. The van der Waals surface area contributed by atoms with Gasteiger partial charge >= 0.3 is 5.97 Å². The average molecular weight is 229 g/mol. The molecule has 1 atom stereocenters. The molecule has 0 bridgehead atoms. The van der Waals surface area contributed by atoms with E-state index in [0.29, 0.717) is 24.8 Å². The smallest absolute Gasteiger partial charge is 0.324 e. The number of aliphatic carboxylic acids is 1. The molecule has 3 heteroatoms. The summed E-state index contributed by atoms with van der Waals surface area (Å²) >= 11 is 0. The second-order valence-corrected chi connectivity index (χ2v) is 5.13. The van der Waals surface area contributed by atoms with Gasteiger partial charge < -0.3 is 5.11 Å². The number of carboxylic acids is 1. The molecule has 0 aliphatic heterocycles. The molecule has 0 radical (unpaired) electrons. The van der Waals surface area contributed by atoms with Gasteiger partial charge in [-0.25, -0.2) is 0 Å². The van der Waals surface area contributed by atoms with Gasteiger partial charge in [0.25, 0.3) is 0 Å². The summed E-state index contributed by atoms with van der Waals surface area (Å²) in [4.78, 5) is 13.5. The van der Waals surface area contributed by atoms with Crippen LogP contribution in [0.25, 0.3) is 0 Å². The van der Waals surface area contributed by atoms with E-state index in [4.69, 9.17) is 0 Å². The summed E-state index contributed by atoms with van der Waals surface area (Å²) in [5, 5.41) is 9.44. The first-order valence-electron chi connectivity index (χ1n) is 6.28. The van der Waals surface area contributed by atoms with Crippen LogP contribution in [0.5, 0.6) is 0 Å². The zero-order chi connectivity index (χ0) is 12.9. The third kappa shape index (κ3) is 3.21. The summed E-state index contributed by atoms with van der Waals surface area (Å²) < 4.78 is 0. The summed E-state index contributed by atoms with van der Waals surface area (Å²) in [6.45, 7) is 10.4. The molecular formula is C13H27NO2. The van der Waals surface area contributed by atoms with Crippen molar-refractivity contribution in [3.8, 4) is 0 Å². The maximum Gasteiger partial charge on any atom is 0.324 e. The highest BCUT2D eigenvalue weighted by atomic mass is 16.4. The first-order valence-corrected chi connectivity index (χ1v) is 6.28. The Kier molecular flexibility index (Phi) is 6.01. The van der Waals surface area contributed by atoms with Crippen molar-refractivity contribution >= 4 is 5.97 Å². The van der Waals surface area contributed by atoms with Gasteiger partial charge in [-0.3, -0.25) is 9.69 Å². The van der Waals surface area contributed by atoms with E-state index < -0.39 is 11.5 Å². The Morgan fingerprint density at radius 1 is 1.25 bits per heavy atom. The summed E-state index contributed by atoms with van der Waals surface area (Å²) in [5.41, 5.74) is -0.700. The fourth-order valence-corrected chi connectivity index (χ4v) is 2.46. The summed E-state index contributed by atoms with van der Waals surface area (Å²) in [6, 6.07) is 0.302. The molecule has 0 spiro atoms. The lowest BCUT2D eigenvalue weighted by molar-refractivity contribution is -0.153. The molecule has 0 rings (SSSR count). The molecule has 0 saturated heterocycles. The minimum absolute atomic E-state index is 0.302. The predicted molar refractivity (Wildman–Crippen MR) is 67.6 cm³/mol. The first-order chi connectivity index (χ1) is 7.31. The molecule has 3 nitrogen and oxygen atoms in total. The molecule has 96 valence electrons. The Hall–Kier alpha value is -0.570. The van der Waals surface area contributed by atoms with Crippen LogP contribution in [0.2, 0.25) is 0 Å². The number of likely N-dealkylation sites (N-methyl/N-ethyl adjacent to an activating group) is 1. The van der Waals surface area contributed by atoms with Crippen LogP contribution in [0.3, 0.4) is 0 Å². The van der Waals surface area contributed by atoms with Gasteiger partial charge in [-0.1, -0.05) is 27.7 Å². The zero-order valence-electron chi connectivity index (χ0n) is 11.6. The Morgan fingerprint density at radius 3 is 1.94 bits per heavy atom. The fourth-order valence-electron chi connectivity index (χ4n) is 2.46. The predicted octanol–water partition coefficient (Wildman–Crippen LogP) is 3.00. The van der Waals surface area contributed by atoms with Crippen LogP contribution < -0.4 is 0 Å². The van der Waals surface area contributed by atoms with Crippen molar-refractivity contribution in [3.63, 3.8) is 0 Å². The second-order valence-electron chi connectivity index (χ2n) is 5.13. The molecule has 0 aliphatic carbocycles. The van der Waals surface area contributed by atoms with E-state index in [1.165, 1.54) is 0 Å². The van der Waals surface area contributed by atoms with E-state index in [-0.39, 0.29) is 0 Å². The molecule has 0 saturated carbocycles. The first kappa shape index (κ1) is 15.4. The third-order valence-corrected chi connectivity index (χ3v) is 3.72. The molecule has 1 unspecified atom stereocenters. The molecule has 1 N–H and O–H groups in total. The van der Waals surface area contributed by atoms with E-state index in [0.717, 1.165) is 6.42 Å². The normalized spacial score (nSPS) is 14.5. The van der Waals surface area contributed by atoms with Gasteiger partial charge in [0.15, 0.2) is 0 Å². The summed E-state index contributed by atoms with van der Waals surface area (Å²) in [6.07, 6.45) is 2.33. The van der Waals surface area contributed by atoms with Gasteiger partial charge in [-0.05, 0) is 39.2 Å². The largest absolute Gasteiger partial charge is 0.480 e. The van der Waals surface area contributed by atoms with Crippen LogP contribution in [-0.4, -0.2) is 34.6 Å². The highest BCUT2D eigenvalue weighted by Crippen LogP contribution is 2.27. The van der Waals surface area contributed by atoms with Crippen LogP contribution in [0, 0.1) is 5.92 Å². The summed E-state index contributed by atoms with van der Waals surface area (Å²) in [7, 11) is 1.94. The lowest BCUT2D eigenvalue weighted by Gasteiger charge is -2.41. The lowest BCUT2D eigenvalue weighted by Crippen LogP contribution is -2.55. The van der Waals surface area contributed by atoms with E-state index in [2.05, 4.69) is 20.8 Å². The van der Waals surface area contributed by atoms with Crippen molar-refractivity contribution in [2.24, 2.45) is 5.92 Å². The van der Waals surface area contributed by atoms with Gasteiger partial charge in [0.05, 0.1) is 0 Å².